The summed E-state index contributed by atoms with van der Waals surface area (Å²) in [5, 5.41) is 13.5. The van der Waals surface area contributed by atoms with Crippen LogP contribution in [-0.4, -0.2) is 160 Å². The Hall–Kier alpha value is -5.62. The molecular weight excluding hydrogens is 889 g/mol. The lowest BCUT2D eigenvalue weighted by Crippen LogP contribution is -2.54. The van der Waals surface area contributed by atoms with Gasteiger partial charge in [0.15, 0.2) is 0 Å². The summed E-state index contributed by atoms with van der Waals surface area (Å²) in [6.45, 7) is 13.7. The van der Waals surface area contributed by atoms with E-state index in [2.05, 4.69) is 62.7 Å². The first-order chi connectivity index (χ1) is 34.0. The van der Waals surface area contributed by atoms with Gasteiger partial charge in [-0.05, 0) is 115 Å². The van der Waals surface area contributed by atoms with Crippen LogP contribution in [0.1, 0.15) is 118 Å². The maximum Gasteiger partial charge on any atom is 0.343 e. The SMILES string of the molecule is CCOC(=O)c1c(C)nc(Nc2cnn(C)c2)nc1NC1CCC(N2CCN(C(=O)[C@H]3CCCC(C(=O)N4CCC(CCN5CCN(c6ccc(C7CCC(=O)NC7=O)cc6)CC5)CC4)C3)CC2)CC1. The molecule has 3 atom stereocenters. The Morgan fingerprint density at radius 3 is 2.13 bits per heavy atom. The molecule has 6 fully saturated rings. The molecule has 18 heteroatoms. The van der Waals surface area contributed by atoms with Crippen molar-refractivity contribution in [3.8, 4) is 0 Å². The van der Waals surface area contributed by atoms with Gasteiger partial charge in [0, 0.05) is 115 Å². The monoisotopic (exact) mass is 963 g/mol. The number of piperidine rings is 2. The number of piperazine rings is 2. The van der Waals surface area contributed by atoms with Crippen molar-refractivity contribution < 1.29 is 28.7 Å². The summed E-state index contributed by atoms with van der Waals surface area (Å²) in [5.41, 5.74) is 3.81. The normalized spacial score (nSPS) is 25.4. The zero-order valence-corrected chi connectivity index (χ0v) is 41.6. The Labute approximate surface area is 412 Å². The van der Waals surface area contributed by atoms with E-state index < -0.39 is 5.97 Å². The minimum Gasteiger partial charge on any atom is -0.462 e. The molecule has 4 aliphatic heterocycles. The van der Waals surface area contributed by atoms with Gasteiger partial charge in [-0.2, -0.15) is 10.1 Å². The number of ether oxygens (including phenoxy) is 1. The second kappa shape index (κ2) is 22.6. The first kappa shape index (κ1) is 49.4. The van der Waals surface area contributed by atoms with Gasteiger partial charge in [0.05, 0.1) is 30.1 Å². The number of rotatable bonds is 14. The Balaban J connectivity index is 0.668. The third kappa shape index (κ3) is 11.9. The van der Waals surface area contributed by atoms with Crippen LogP contribution in [0.15, 0.2) is 36.7 Å². The number of esters is 1. The number of hydrogen-bond acceptors (Lipinski definition) is 14. The predicted molar refractivity (Wildman–Crippen MR) is 267 cm³/mol. The van der Waals surface area contributed by atoms with Crippen molar-refractivity contribution in [1.82, 2.24) is 44.7 Å². The van der Waals surface area contributed by atoms with Gasteiger partial charge >= 0.3 is 5.97 Å². The van der Waals surface area contributed by atoms with Crippen molar-refractivity contribution in [3.63, 3.8) is 0 Å². The van der Waals surface area contributed by atoms with Crippen LogP contribution in [0.2, 0.25) is 0 Å². The molecule has 6 aliphatic rings. The molecule has 2 unspecified atom stereocenters. The van der Waals surface area contributed by atoms with E-state index in [-0.39, 0.29) is 54.0 Å². The minimum atomic E-state index is -0.436. The van der Waals surface area contributed by atoms with Crippen molar-refractivity contribution in [3.05, 3.63) is 53.5 Å². The number of benzene rings is 1. The molecule has 9 rings (SSSR count). The summed E-state index contributed by atoms with van der Waals surface area (Å²) in [4.78, 5) is 85.9. The van der Waals surface area contributed by atoms with Crippen LogP contribution in [0.4, 0.5) is 23.1 Å². The van der Waals surface area contributed by atoms with Gasteiger partial charge in [0.25, 0.3) is 0 Å². The lowest BCUT2D eigenvalue weighted by Gasteiger charge is -2.43. The molecule has 2 aliphatic carbocycles. The van der Waals surface area contributed by atoms with E-state index in [0.29, 0.717) is 54.2 Å². The lowest BCUT2D eigenvalue weighted by atomic mass is 9.79. The van der Waals surface area contributed by atoms with E-state index in [9.17, 15) is 24.0 Å². The van der Waals surface area contributed by atoms with E-state index in [4.69, 9.17) is 9.72 Å². The predicted octanol–water partition coefficient (Wildman–Crippen LogP) is 5.08. The summed E-state index contributed by atoms with van der Waals surface area (Å²) < 4.78 is 7.09. The number of anilines is 4. The lowest BCUT2D eigenvalue weighted by molar-refractivity contribution is -0.143. The van der Waals surface area contributed by atoms with Crippen LogP contribution in [0.5, 0.6) is 0 Å². The number of aromatic nitrogens is 4. The van der Waals surface area contributed by atoms with E-state index in [1.807, 2.05) is 25.4 Å². The highest BCUT2D eigenvalue weighted by atomic mass is 16.5. The molecule has 3 aromatic rings. The molecule has 1 aromatic carbocycles. The van der Waals surface area contributed by atoms with Crippen molar-refractivity contribution in [2.45, 2.75) is 115 Å². The molecule has 0 radical (unpaired) electrons. The van der Waals surface area contributed by atoms with Crippen LogP contribution < -0.4 is 20.9 Å². The van der Waals surface area contributed by atoms with Crippen LogP contribution >= 0.6 is 0 Å². The zero-order chi connectivity index (χ0) is 48.7. The fourth-order valence-electron chi connectivity index (χ4n) is 12.0. The van der Waals surface area contributed by atoms with Gasteiger partial charge in [-0.25, -0.2) is 9.78 Å². The third-order valence-corrected chi connectivity index (χ3v) is 16.1. The summed E-state index contributed by atoms with van der Waals surface area (Å²) >= 11 is 0. The molecule has 0 spiro atoms. The Bertz CT molecular complexity index is 2310. The number of imide groups is 1. The maximum absolute atomic E-state index is 14.0. The molecular formula is C52H74N12O6. The second-order valence-electron chi connectivity index (χ2n) is 20.7. The molecule has 70 heavy (non-hydrogen) atoms. The van der Waals surface area contributed by atoms with Crippen molar-refractivity contribution in [2.75, 3.05) is 94.1 Å². The largest absolute Gasteiger partial charge is 0.462 e. The summed E-state index contributed by atoms with van der Waals surface area (Å²) in [6, 6.07) is 8.89. The summed E-state index contributed by atoms with van der Waals surface area (Å²) in [7, 11) is 1.84. The number of amides is 4. The molecule has 0 bridgehead atoms. The number of likely N-dealkylation sites (tertiary alicyclic amines) is 1. The van der Waals surface area contributed by atoms with E-state index in [1.165, 1.54) is 5.69 Å². The highest BCUT2D eigenvalue weighted by Gasteiger charge is 2.38. The number of aryl methyl sites for hydroxylation is 2. The Kier molecular flexibility index (Phi) is 16.0. The highest BCUT2D eigenvalue weighted by Crippen LogP contribution is 2.35. The van der Waals surface area contributed by atoms with Gasteiger partial charge < -0.3 is 30.1 Å². The number of hydrogen-bond donors (Lipinski definition) is 3. The van der Waals surface area contributed by atoms with Crippen molar-refractivity contribution >= 4 is 52.7 Å². The number of carbonyl (C=O) groups excluding carboxylic acids is 5. The van der Waals surface area contributed by atoms with Gasteiger partial charge in [-0.15, -0.1) is 0 Å². The maximum atomic E-state index is 14.0. The second-order valence-corrected chi connectivity index (χ2v) is 20.7. The summed E-state index contributed by atoms with van der Waals surface area (Å²) in [6.07, 6.45) is 15.0. The fraction of sp³-hybridized carbons (Fsp3) is 0.654. The fourth-order valence-corrected chi connectivity index (χ4v) is 12.0. The average Bonchev–Trinajstić information content (AvgIpc) is 3.79. The van der Waals surface area contributed by atoms with Crippen LogP contribution in [-0.2, 0) is 31.0 Å². The summed E-state index contributed by atoms with van der Waals surface area (Å²) in [5.74, 6) is 0.800. The van der Waals surface area contributed by atoms with Crippen LogP contribution in [0.25, 0.3) is 0 Å². The van der Waals surface area contributed by atoms with E-state index in [1.54, 1.807) is 24.7 Å². The van der Waals surface area contributed by atoms with Crippen molar-refractivity contribution in [1.29, 1.82) is 0 Å². The standard InChI is InChI=1S/C52H74N12O6/c1-4-70-51(69)46-35(2)54-52(56-41-33-53-59(3)34-41)58-47(46)55-40-10-14-43(15-11-40)62-28-30-64(31-29-62)50(68)39-7-5-6-38(32-39)49(67)63-22-19-36(20-23-63)18-21-60-24-26-61(27-25-60)42-12-8-37(9-13-42)44-16-17-45(65)57-48(44)66/h8-9,12-13,33-34,36,38-40,43-44H,4-7,10-11,14-32H2,1-3H3,(H,57,65,66)(H2,54,55,56,58)/t38?,39-,40?,43?,44?/m0/s1. The molecule has 4 saturated heterocycles. The topological polar surface area (TPSA) is 190 Å². The highest BCUT2D eigenvalue weighted by molar-refractivity contribution is 6.01. The average molecular weight is 963 g/mol. The first-order valence-corrected chi connectivity index (χ1v) is 26.3. The molecule has 18 nitrogen and oxygen atoms in total. The first-order valence-electron chi connectivity index (χ1n) is 26.3. The third-order valence-electron chi connectivity index (χ3n) is 16.1. The van der Waals surface area contributed by atoms with E-state index >= 15 is 0 Å². The van der Waals surface area contributed by atoms with Crippen LogP contribution in [0, 0.1) is 24.7 Å². The molecule has 378 valence electrons. The molecule has 3 N–H and O–H groups in total. The minimum absolute atomic E-state index is 0.0575. The number of nitrogens with zero attached hydrogens (tertiary/aromatic N) is 9. The Morgan fingerprint density at radius 2 is 1.49 bits per heavy atom. The van der Waals surface area contributed by atoms with Crippen molar-refractivity contribution in [2.24, 2.45) is 24.8 Å². The van der Waals surface area contributed by atoms with Gasteiger partial charge in [-0.1, -0.05) is 18.6 Å². The van der Waals surface area contributed by atoms with E-state index in [0.717, 1.165) is 147 Å². The zero-order valence-electron chi connectivity index (χ0n) is 41.6. The van der Waals surface area contributed by atoms with Gasteiger partial charge in [0.1, 0.15) is 11.4 Å². The number of carbonyl (C=O) groups is 5. The molecule has 6 heterocycles. The van der Waals surface area contributed by atoms with Gasteiger partial charge in [0.2, 0.25) is 29.6 Å². The quantitative estimate of drug-likeness (QED) is 0.143. The molecule has 2 aromatic heterocycles. The molecule has 2 saturated carbocycles. The van der Waals surface area contributed by atoms with Gasteiger partial charge in [-0.3, -0.25) is 39.0 Å². The Morgan fingerprint density at radius 1 is 0.800 bits per heavy atom. The molecule has 4 amide bonds. The smallest absolute Gasteiger partial charge is 0.343 e. The number of nitrogens with one attached hydrogen (secondary N) is 3. The van der Waals surface area contributed by atoms with Crippen LogP contribution in [0.3, 0.4) is 0 Å².